The molecule has 0 radical (unpaired) electrons. The van der Waals surface area contributed by atoms with E-state index < -0.39 is 72.5 Å². The highest BCUT2D eigenvalue weighted by atomic mass is 32.2. The van der Waals surface area contributed by atoms with Crippen LogP contribution in [0, 0.1) is 11.6 Å². The molecule has 0 fully saturated rings. The second-order valence-electron chi connectivity index (χ2n) is 20.1. The van der Waals surface area contributed by atoms with Gasteiger partial charge < -0.3 is 40.5 Å². The Balaban J connectivity index is 0.000000274. The number of benzene rings is 4. The van der Waals surface area contributed by atoms with Gasteiger partial charge in [0.15, 0.2) is 0 Å². The van der Waals surface area contributed by atoms with Crippen molar-refractivity contribution in [3.05, 3.63) is 107 Å². The zero-order valence-corrected chi connectivity index (χ0v) is 45.3. The quantitative estimate of drug-likeness (QED) is 0.0343. The summed E-state index contributed by atoms with van der Waals surface area (Å²) in [7, 11) is -7.21. The van der Waals surface area contributed by atoms with E-state index in [4.69, 9.17) is 9.47 Å². The standard InChI is InChI=1S/2C26H36FN3O6S/c1-6-26(7-2)19-15-18(27)9-10-21(19)30(24(33)36-26)13-12-25(3,4)28-16-23(32)17-8-11-22(31)20(14-17)29-37(5,34)35;1-6-26(7-2)19-10-9-18(27)15-21(19)30(24(33)36-26)13-12-25(3,4)28-16-23(32)17-8-11-22(31)20(14-17)29-37(5,34)35/h2*8-11,14-15,23,28-29,31-32H,6-7,12-13,16H2,1-5H3. The number of fused-ring (bicyclic) bond motifs is 2. The predicted octanol–water partition coefficient (Wildman–Crippen LogP) is 8.73. The number of aliphatic hydroxyl groups is 2. The minimum Gasteiger partial charge on any atom is -0.506 e. The first-order valence-electron chi connectivity index (χ1n) is 24.5. The van der Waals surface area contributed by atoms with Crippen molar-refractivity contribution in [2.24, 2.45) is 0 Å². The average Bonchev–Trinajstić information content (AvgIpc) is 3.32. The summed E-state index contributed by atoms with van der Waals surface area (Å²) in [6.07, 6.45) is 2.12. The largest absolute Gasteiger partial charge is 0.506 e. The number of carbonyl (C=O) groups excluding carboxylic acids is 2. The molecule has 2 unspecified atom stereocenters. The highest BCUT2D eigenvalue weighted by molar-refractivity contribution is 7.92. The van der Waals surface area contributed by atoms with Gasteiger partial charge in [0, 0.05) is 48.4 Å². The molecule has 0 bridgehead atoms. The lowest BCUT2D eigenvalue weighted by molar-refractivity contribution is -0.00207. The topological polar surface area (TPSA) is 256 Å². The van der Waals surface area contributed by atoms with Crippen molar-refractivity contribution < 1.29 is 65.1 Å². The fourth-order valence-electron chi connectivity index (χ4n) is 8.97. The minimum atomic E-state index is -3.61. The van der Waals surface area contributed by atoms with Gasteiger partial charge in [0.25, 0.3) is 0 Å². The van der Waals surface area contributed by atoms with Crippen molar-refractivity contribution >= 4 is 55.0 Å². The Labute approximate surface area is 433 Å². The number of aliphatic hydroxyl groups excluding tert-OH is 2. The number of amides is 2. The monoisotopic (exact) mass is 1070 g/mol. The summed E-state index contributed by atoms with van der Waals surface area (Å²) in [5.74, 6) is -1.32. The van der Waals surface area contributed by atoms with Crippen LogP contribution in [0.25, 0.3) is 0 Å². The average molecular weight is 1080 g/mol. The Kier molecular flexibility index (Phi) is 18.7. The lowest BCUT2D eigenvalue weighted by Crippen LogP contribution is -2.49. The van der Waals surface area contributed by atoms with Gasteiger partial charge in [0.2, 0.25) is 20.0 Å². The van der Waals surface area contributed by atoms with Gasteiger partial charge in [0.05, 0.1) is 47.5 Å². The van der Waals surface area contributed by atoms with Crippen LogP contribution in [-0.2, 0) is 40.7 Å². The molecule has 2 amide bonds. The van der Waals surface area contributed by atoms with Crippen molar-refractivity contribution in [3.8, 4) is 11.5 Å². The number of β-amino-alcohol motifs (C(OH)–C–C–N with tert-alkyl or cyclic N) is 2. The van der Waals surface area contributed by atoms with Gasteiger partial charge in [-0.15, -0.1) is 0 Å². The number of carbonyl (C=O) groups is 2. The Bertz CT molecular complexity index is 2880. The molecule has 0 saturated carbocycles. The van der Waals surface area contributed by atoms with E-state index in [-0.39, 0.29) is 48.3 Å². The highest BCUT2D eigenvalue weighted by Crippen LogP contribution is 2.46. The van der Waals surface area contributed by atoms with Crippen molar-refractivity contribution in [2.45, 2.75) is 128 Å². The molecule has 22 heteroatoms. The molecule has 74 heavy (non-hydrogen) atoms. The number of nitrogens with one attached hydrogen (secondary N) is 4. The van der Waals surface area contributed by atoms with Crippen LogP contribution in [0.3, 0.4) is 0 Å². The van der Waals surface area contributed by atoms with Crippen molar-refractivity contribution in [1.82, 2.24) is 10.6 Å². The fraction of sp³-hybridized carbons (Fsp3) is 0.500. The Morgan fingerprint density at radius 2 is 0.973 bits per heavy atom. The third kappa shape index (κ3) is 14.7. The molecule has 0 saturated heterocycles. The number of halogens is 2. The molecular formula is C52H72F2N6O12S2. The maximum absolute atomic E-state index is 14.2. The van der Waals surface area contributed by atoms with E-state index >= 15 is 0 Å². The van der Waals surface area contributed by atoms with Gasteiger partial charge in [-0.2, -0.15) is 0 Å². The molecule has 2 aliphatic rings. The summed E-state index contributed by atoms with van der Waals surface area (Å²) in [5, 5.41) is 47.7. The Morgan fingerprint density at radius 1 is 0.581 bits per heavy atom. The number of sulfonamides is 2. The van der Waals surface area contributed by atoms with Crippen molar-refractivity contribution in [2.75, 3.05) is 57.9 Å². The van der Waals surface area contributed by atoms with Gasteiger partial charge >= 0.3 is 12.2 Å². The molecule has 2 heterocycles. The van der Waals surface area contributed by atoms with Crippen molar-refractivity contribution in [3.63, 3.8) is 0 Å². The molecule has 0 aliphatic carbocycles. The number of aromatic hydroxyl groups is 2. The highest BCUT2D eigenvalue weighted by Gasteiger charge is 2.45. The lowest BCUT2D eigenvalue weighted by atomic mass is 9.85. The summed E-state index contributed by atoms with van der Waals surface area (Å²) in [6, 6.07) is 17.2. The van der Waals surface area contributed by atoms with E-state index in [1.54, 1.807) is 12.1 Å². The lowest BCUT2D eigenvalue weighted by Gasteiger charge is -2.42. The van der Waals surface area contributed by atoms with Gasteiger partial charge in [0.1, 0.15) is 34.3 Å². The van der Waals surface area contributed by atoms with Gasteiger partial charge in [-0.1, -0.05) is 45.9 Å². The molecule has 8 N–H and O–H groups in total. The van der Waals surface area contributed by atoms with Crippen molar-refractivity contribution in [1.29, 1.82) is 0 Å². The first kappa shape index (κ1) is 59.1. The first-order chi connectivity index (χ1) is 34.4. The summed E-state index contributed by atoms with van der Waals surface area (Å²) < 4.78 is 90.5. The van der Waals surface area contributed by atoms with Gasteiger partial charge in [-0.05, 0) is 132 Å². The molecule has 2 aliphatic heterocycles. The zero-order valence-electron chi connectivity index (χ0n) is 43.7. The number of rotatable bonds is 22. The molecule has 18 nitrogen and oxygen atoms in total. The van der Waals surface area contributed by atoms with Crippen LogP contribution in [0.15, 0.2) is 72.8 Å². The van der Waals surface area contributed by atoms with Crippen LogP contribution in [-0.4, -0.2) is 99.2 Å². The molecule has 0 spiro atoms. The Hall–Kier alpha value is -5.78. The van der Waals surface area contributed by atoms with E-state index in [1.807, 2.05) is 55.4 Å². The van der Waals surface area contributed by atoms with Crippen LogP contribution in [0.4, 0.5) is 41.1 Å². The molecular weight excluding hydrogens is 1000 g/mol. The molecule has 6 rings (SSSR count). The summed E-state index contributed by atoms with van der Waals surface area (Å²) in [4.78, 5) is 28.9. The molecule has 408 valence electrons. The normalized spacial score (nSPS) is 16.2. The Morgan fingerprint density at radius 3 is 1.39 bits per heavy atom. The smallest absolute Gasteiger partial charge is 0.415 e. The third-order valence-electron chi connectivity index (χ3n) is 13.6. The maximum atomic E-state index is 14.2. The van der Waals surface area contributed by atoms with Crippen LogP contribution in [0.5, 0.6) is 11.5 Å². The number of phenols is 2. The number of nitrogens with zero attached hydrogens (tertiary/aromatic N) is 2. The van der Waals surface area contributed by atoms with E-state index in [0.717, 1.165) is 18.1 Å². The summed E-state index contributed by atoms with van der Waals surface area (Å²) >= 11 is 0. The van der Waals surface area contributed by atoms with Gasteiger partial charge in [-0.25, -0.2) is 35.2 Å². The maximum Gasteiger partial charge on any atom is 0.415 e. The number of cyclic esters (lactones) is 2. The van der Waals surface area contributed by atoms with E-state index in [0.29, 0.717) is 73.1 Å². The van der Waals surface area contributed by atoms with Crippen LogP contribution < -0.4 is 29.9 Å². The number of hydrogen-bond donors (Lipinski definition) is 8. The number of phenolic OH excluding ortho intramolecular Hbond substituents is 2. The van der Waals surface area contributed by atoms with Crippen LogP contribution >= 0.6 is 0 Å². The number of hydrogen-bond acceptors (Lipinski definition) is 14. The predicted molar refractivity (Wildman–Crippen MR) is 281 cm³/mol. The van der Waals surface area contributed by atoms with E-state index in [2.05, 4.69) is 20.1 Å². The minimum absolute atomic E-state index is 0.0211. The molecule has 4 aromatic carbocycles. The number of ether oxygens (including phenoxy) is 2. The van der Waals surface area contributed by atoms with E-state index in [9.17, 15) is 55.6 Å². The molecule has 2 atom stereocenters. The van der Waals surface area contributed by atoms with Crippen LogP contribution in [0.2, 0.25) is 0 Å². The number of anilines is 4. The second kappa shape index (κ2) is 23.4. The van der Waals surface area contributed by atoms with Crippen LogP contribution in [0.1, 0.15) is 128 Å². The zero-order chi connectivity index (χ0) is 55.2. The first-order valence-corrected chi connectivity index (χ1v) is 28.3. The van der Waals surface area contributed by atoms with E-state index in [1.165, 1.54) is 70.5 Å². The molecule has 4 aromatic rings. The SMILES string of the molecule is CCC1(CC)OC(=O)N(CCC(C)(C)NCC(O)c2ccc(O)c(NS(C)(=O)=O)c2)c2cc(F)ccc21.CCC1(CC)OC(=O)N(CCC(C)(C)NCC(O)c2ccc(O)c(NS(C)(=O)=O)c2)c2ccc(F)cc21. The van der Waals surface area contributed by atoms with Gasteiger partial charge in [-0.3, -0.25) is 19.2 Å². The third-order valence-corrected chi connectivity index (χ3v) is 14.8. The summed E-state index contributed by atoms with van der Waals surface area (Å²) in [5.41, 5.74) is 0.647. The summed E-state index contributed by atoms with van der Waals surface area (Å²) in [6.45, 7) is 16.2. The second-order valence-corrected chi connectivity index (χ2v) is 23.6. The molecule has 0 aromatic heterocycles. The fourth-order valence-corrected chi connectivity index (χ4v) is 10.1.